The molecule has 1 aliphatic heterocycles. The molecule has 2 heteroatoms. The van der Waals surface area contributed by atoms with Gasteiger partial charge >= 0.3 is 0 Å². The van der Waals surface area contributed by atoms with E-state index in [0.717, 1.165) is 12.5 Å². The van der Waals surface area contributed by atoms with Crippen LogP contribution in [0.15, 0.2) is 0 Å². The molecule has 1 rings (SSSR count). The Morgan fingerprint density at radius 3 is 2.82 bits per heavy atom. The highest BCUT2D eigenvalue weighted by Gasteiger charge is 2.21. The molecular weight excluding hydrogens is 136 g/mol. The molecule has 0 amide bonds. The average molecular weight is 156 g/mol. The van der Waals surface area contributed by atoms with E-state index in [4.69, 9.17) is 0 Å². The zero-order valence-electron chi connectivity index (χ0n) is 7.93. The lowest BCUT2D eigenvalue weighted by atomic mass is 10.2. The molecule has 11 heavy (non-hydrogen) atoms. The molecule has 0 aromatic heterocycles. The lowest BCUT2D eigenvalue weighted by molar-refractivity contribution is 0.248. The Balaban J connectivity index is 2.25. The van der Waals surface area contributed by atoms with Crippen molar-refractivity contribution in [1.29, 1.82) is 0 Å². The molecular formula is C9H20N2. The Labute approximate surface area is 70.0 Å². The van der Waals surface area contributed by atoms with Crippen LogP contribution in [0.1, 0.15) is 20.3 Å². The van der Waals surface area contributed by atoms with Crippen LogP contribution in [0.4, 0.5) is 0 Å². The van der Waals surface area contributed by atoms with Gasteiger partial charge in [-0.15, -0.1) is 0 Å². The SMILES string of the molecule is CNCC(C)N1CCC(C)C1. The van der Waals surface area contributed by atoms with E-state index < -0.39 is 0 Å². The number of nitrogens with zero attached hydrogens (tertiary/aromatic N) is 1. The molecule has 2 nitrogen and oxygen atoms in total. The first-order chi connectivity index (χ1) is 5.24. The van der Waals surface area contributed by atoms with Gasteiger partial charge in [-0.3, -0.25) is 4.90 Å². The molecule has 2 unspecified atom stereocenters. The van der Waals surface area contributed by atoms with Gasteiger partial charge in [-0.05, 0) is 32.9 Å². The van der Waals surface area contributed by atoms with Crippen molar-refractivity contribution in [1.82, 2.24) is 10.2 Å². The highest BCUT2D eigenvalue weighted by atomic mass is 15.2. The summed E-state index contributed by atoms with van der Waals surface area (Å²) in [6.07, 6.45) is 1.38. The average Bonchev–Trinajstić information content (AvgIpc) is 2.36. The van der Waals surface area contributed by atoms with Gasteiger partial charge in [0.1, 0.15) is 0 Å². The second-order valence-corrected chi connectivity index (χ2v) is 3.80. The fourth-order valence-corrected chi connectivity index (χ4v) is 1.79. The summed E-state index contributed by atoms with van der Waals surface area (Å²) < 4.78 is 0. The molecule has 2 atom stereocenters. The summed E-state index contributed by atoms with van der Waals surface area (Å²) in [5.74, 6) is 0.911. The molecule has 0 aromatic carbocycles. The number of nitrogens with one attached hydrogen (secondary N) is 1. The summed E-state index contributed by atoms with van der Waals surface area (Å²) in [4.78, 5) is 2.57. The van der Waals surface area contributed by atoms with Crippen molar-refractivity contribution in [2.45, 2.75) is 26.3 Å². The summed E-state index contributed by atoms with van der Waals surface area (Å²) in [7, 11) is 2.02. The Morgan fingerprint density at radius 1 is 1.64 bits per heavy atom. The van der Waals surface area contributed by atoms with Gasteiger partial charge in [-0.2, -0.15) is 0 Å². The van der Waals surface area contributed by atoms with Crippen molar-refractivity contribution in [2.24, 2.45) is 5.92 Å². The van der Waals surface area contributed by atoms with E-state index in [-0.39, 0.29) is 0 Å². The second-order valence-electron chi connectivity index (χ2n) is 3.80. The lowest BCUT2D eigenvalue weighted by Gasteiger charge is -2.23. The van der Waals surface area contributed by atoms with Gasteiger partial charge in [-0.1, -0.05) is 6.92 Å². The van der Waals surface area contributed by atoms with Gasteiger partial charge < -0.3 is 5.32 Å². The third-order valence-corrected chi connectivity index (χ3v) is 2.58. The van der Waals surface area contributed by atoms with Gasteiger partial charge in [0.25, 0.3) is 0 Å². The van der Waals surface area contributed by atoms with E-state index >= 15 is 0 Å². The fraction of sp³-hybridized carbons (Fsp3) is 1.00. The molecule has 1 N–H and O–H groups in total. The normalized spacial score (nSPS) is 29.2. The predicted molar refractivity (Wildman–Crippen MR) is 48.7 cm³/mol. The summed E-state index contributed by atoms with van der Waals surface area (Å²) >= 11 is 0. The molecule has 1 aliphatic rings. The van der Waals surface area contributed by atoms with Gasteiger partial charge in [0.05, 0.1) is 0 Å². The van der Waals surface area contributed by atoms with Crippen LogP contribution < -0.4 is 5.32 Å². The lowest BCUT2D eigenvalue weighted by Crippen LogP contribution is -2.37. The number of hydrogen-bond acceptors (Lipinski definition) is 2. The van der Waals surface area contributed by atoms with Crippen molar-refractivity contribution in [3.8, 4) is 0 Å². The zero-order valence-corrected chi connectivity index (χ0v) is 7.93. The van der Waals surface area contributed by atoms with Gasteiger partial charge in [0, 0.05) is 19.1 Å². The fourth-order valence-electron chi connectivity index (χ4n) is 1.79. The molecule has 1 heterocycles. The first-order valence-electron chi connectivity index (χ1n) is 4.62. The Morgan fingerprint density at radius 2 is 2.36 bits per heavy atom. The van der Waals surface area contributed by atoms with Crippen molar-refractivity contribution >= 4 is 0 Å². The third-order valence-electron chi connectivity index (χ3n) is 2.58. The largest absolute Gasteiger partial charge is 0.318 e. The number of hydrogen-bond donors (Lipinski definition) is 1. The molecule has 0 radical (unpaired) electrons. The molecule has 1 fully saturated rings. The van der Waals surface area contributed by atoms with Crippen LogP contribution in [-0.2, 0) is 0 Å². The molecule has 66 valence electrons. The first kappa shape index (κ1) is 9.01. The summed E-state index contributed by atoms with van der Waals surface area (Å²) in [6, 6.07) is 0.713. The Kier molecular flexibility index (Phi) is 3.34. The van der Waals surface area contributed by atoms with Crippen molar-refractivity contribution in [3.05, 3.63) is 0 Å². The second kappa shape index (κ2) is 4.07. The van der Waals surface area contributed by atoms with E-state index in [1.807, 2.05) is 7.05 Å². The van der Waals surface area contributed by atoms with Crippen LogP contribution in [0.2, 0.25) is 0 Å². The maximum Gasteiger partial charge on any atom is 0.0192 e. The van der Waals surface area contributed by atoms with Crippen LogP contribution in [-0.4, -0.2) is 37.6 Å². The van der Waals surface area contributed by atoms with Gasteiger partial charge in [0.2, 0.25) is 0 Å². The van der Waals surface area contributed by atoms with Crippen molar-refractivity contribution in [3.63, 3.8) is 0 Å². The van der Waals surface area contributed by atoms with Gasteiger partial charge in [0.15, 0.2) is 0 Å². The molecule has 0 spiro atoms. The van der Waals surface area contributed by atoms with Crippen LogP contribution in [0.25, 0.3) is 0 Å². The summed E-state index contributed by atoms with van der Waals surface area (Å²) in [6.45, 7) is 8.35. The minimum absolute atomic E-state index is 0.713. The van der Waals surface area contributed by atoms with E-state index in [1.54, 1.807) is 0 Å². The molecule has 0 aromatic rings. The zero-order chi connectivity index (χ0) is 8.27. The summed E-state index contributed by atoms with van der Waals surface area (Å²) in [5, 5.41) is 3.22. The number of likely N-dealkylation sites (tertiary alicyclic amines) is 1. The number of likely N-dealkylation sites (N-methyl/N-ethyl adjacent to an activating group) is 1. The summed E-state index contributed by atoms with van der Waals surface area (Å²) in [5.41, 5.74) is 0. The smallest absolute Gasteiger partial charge is 0.0192 e. The number of rotatable bonds is 3. The monoisotopic (exact) mass is 156 g/mol. The van der Waals surface area contributed by atoms with E-state index in [0.29, 0.717) is 6.04 Å². The van der Waals surface area contributed by atoms with Crippen LogP contribution in [0, 0.1) is 5.92 Å². The highest BCUT2D eigenvalue weighted by molar-refractivity contribution is 4.77. The Hall–Kier alpha value is -0.0800. The molecule has 1 saturated heterocycles. The topological polar surface area (TPSA) is 15.3 Å². The predicted octanol–water partition coefficient (Wildman–Crippen LogP) is 0.936. The molecule has 0 bridgehead atoms. The van der Waals surface area contributed by atoms with Crippen LogP contribution in [0.3, 0.4) is 0 Å². The quantitative estimate of drug-likeness (QED) is 0.654. The highest BCUT2D eigenvalue weighted by Crippen LogP contribution is 2.16. The minimum Gasteiger partial charge on any atom is -0.318 e. The van der Waals surface area contributed by atoms with E-state index in [1.165, 1.54) is 19.5 Å². The maximum atomic E-state index is 3.22. The van der Waals surface area contributed by atoms with Crippen molar-refractivity contribution < 1.29 is 0 Å². The minimum atomic E-state index is 0.713. The third kappa shape index (κ3) is 2.46. The van der Waals surface area contributed by atoms with Crippen molar-refractivity contribution in [2.75, 3.05) is 26.7 Å². The Bertz CT molecular complexity index is 114. The van der Waals surface area contributed by atoms with Gasteiger partial charge in [-0.25, -0.2) is 0 Å². The van der Waals surface area contributed by atoms with Crippen LogP contribution >= 0.6 is 0 Å². The van der Waals surface area contributed by atoms with Crippen LogP contribution in [0.5, 0.6) is 0 Å². The molecule has 0 saturated carbocycles. The standard InChI is InChI=1S/C9H20N2/c1-8-4-5-11(7-8)9(2)6-10-3/h8-10H,4-7H2,1-3H3. The van der Waals surface area contributed by atoms with E-state index in [2.05, 4.69) is 24.1 Å². The molecule has 0 aliphatic carbocycles. The first-order valence-corrected chi connectivity index (χ1v) is 4.62. The van der Waals surface area contributed by atoms with E-state index in [9.17, 15) is 0 Å². The maximum absolute atomic E-state index is 3.22.